The normalized spacial score (nSPS) is 14.6. The van der Waals surface area contributed by atoms with Gasteiger partial charge in [-0.05, 0) is 30.7 Å². The molecule has 1 fully saturated rings. The fraction of sp³-hybridized carbons (Fsp3) is 0.304. The van der Waals surface area contributed by atoms with Crippen molar-refractivity contribution in [1.82, 2.24) is 14.9 Å². The van der Waals surface area contributed by atoms with Crippen LogP contribution in [0.2, 0.25) is 0 Å². The summed E-state index contributed by atoms with van der Waals surface area (Å²) in [5.41, 5.74) is 3.19. The second-order valence-electron chi connectivity index (χ2n) is 7.32. The molecule has 0 amide bonds. The maximum atomic E-state index is 11.6. The number of hydrogen-bond donors (Lipinski definition) is 0. The molecule has 1 aromatic carbocycles. The summed E-state index contributed by atoms with van der Waals surface area (Å²) in [6, 6.07) is 13.2. The molecule has 0 aliphatic carbocycles. The third-order valence-electron chi connectivity index (χ3n) is 5.29. The molecule has 0 atom stereocenters. The van der Waals surface area contributed by atoms with Crippen LogP contribution in [0.3, 0.4) is 0 Å². The molecule has 1 saturated heterocycles. The number of esters is 1. The molecule has 0 N–H and O–H groups in total. The van der Waals surface area contributed by atoms with Gasteiger partial charge >= 0.3 is 5.97 Å². The number of thiazole rings is 1. The minimum atomic E-state index is -0.339. The molecule has 4 rings (SSSR count). The minimum absolute atomic E-state index is 0.339. The van der Waals surface area contributed by atoms with E-state index in [1.54, 1.807) is 35.7 Å². The molecule has 1 aliphatic heterocycles. The lowest BCUT2D eigenvalue weighted by Gasteiger charge is -2.23. The maximum absolute atomic E-state index is 11.6. The van der Waals surface area contributed by atoms with Crippen molar-refractivity contribution in [3.63, 3.8) is 0 Å². The molecule has 0 bridgehead atoms. The third kappa shape index (κ3) is 4.90. The van der Waals surface area contributed by atoms with Crippen LogP contribution in [0.15, 0.2) is 48.0 Å². The number of carbonyl (C=O) groups excluding carboxylic acids is 1. The number of methoxy groups -OCH3 is 1. The number of carbonyl (C=O) groups is 1. The van der Waals surface area contributed by atoms with Gasteiger partial charge in [0.15, 0.2) is 0 Å². The zero-order valence-corrected chi connectivity index (χ0v) is 18.1. The van der Waals surface area contributed by atoms with E-state index in [0.717, 1.165) is 61.2 Å². The first kappa shape index (κ1) is 21.0. The Morgan fingerprint density at radius 3 is 2.81 bits per heavy atom. The summed E-state index contributed by atoms with van der Waals surface area (Å²) in [6.07, 6.45) is 2.75. The van der Waals surface area contributed by atoms with Crippen LogP contribution in [0.5, 0.6) is 0 Å². The Labute approximate surface area is 185 Å². The van der Waals surface area contributed by atoms with E-state index in [-0.39, 0.29) is 5.97 Å². The first-order chi connectivity index (χ1) is 15.2. The number of ether oxygens (including phenoxy) is 1. The standard InChI is InChI=1S/C23H23N5O2S/c1-30-23(29)18-7-5-17(6-8-18)22-26-20(16-31-22)15-27-10-3-11-28(13-12-27)21-19(14-24)4-2-9-25-21/h2,4-9,16H,3,10-13,15H2,1H3. The number of aromatic nitrogens is 2. The zero-order chi connectivity index (χ0) is 21.6. The Kier molecular flexibility index (Phi) is 6.55. The molecule has 158 valence electrons. The van der Waals surface area contributed by atoms with Crippen LogP contribution in [0.4, 0.5) is 5.82 Å². The van der Waals surface area contributed by atoms with Gasteiger partial charge in [-0.1, -0.05) is 12.1 Å². The fourth-order valence-corrected chi connectivity index (χ4v) is 4.50. The van der Waals surface area contributed by atoms with Crippen molar-refractivity contribution >= 4 is 23.1 Å². The van der Waals surface area contributed by atoms with Crippen LogP contribution < -0.4 is 4.90 Å². The van der Waals surface area contributed by atoms with Crippen LogP contribution in [0.1, 0.15) is 28.0 Å². The lowest BCUT2D eigenvalue weighted by atomic mass is 10.1. The Bertz CT molecular complexity index is 1090. The highest BCUT2D eigenvalue weighted by molar-refractivity contribution is 7.13. The molecule has 0 radical (unpaired) electrons. The van der Waals surface area contributed by atoms with E-state index in [1.807, 2.05) is 18.2 Å². The molecule has 8 heteroatoms. The highest BCUT2D eigenvalue weighted by Crippen LogP contribution is 2.25. The third-order valence-corrected chi connectivity index (χ3v) is 6.23. The number of hydrogen-bond acceptors (Lipinski definition) is 8. The molecule has 0 saturated carbocycles. The summed E-state index contributed by atoms with van der Waals surface area (Å²) in [4.78, 5) is 25.4. The van der Waals surface area contributed by atoms with Gasteiger partial charge in [0.1, 0.15) is 16.9 Å². The molecule has 2 aromatic heterocycles. The lowest BCUT2D eigenvalue weighted by Crippen LogP contribution is -2.31. The molecular weight excluding hydrogens is 410 g/mol. The molecule has 31 heavy (non-hydrogen) atoms. The molecule has 3 aromatic rings. The highest BCUT2D eigenvalue weighted by atomic mass is 32.1. The van der Waals surface area contributed by atoms with E-state index in [1.165, 1.54) is 7.11 Å². The quantitative estimate of drug-likeness (QED) is 0.569. The van der Waals surface area contributed by atoms with Crippen molar-refractivity contribution in [2.75, 3.05) is 38.2 Å². The van der Waals surface area contributed by atoms with Crippen LogP contribution in [0.25, 0.3) is 10.6 Å². The van der Waals surface area contributed by atoms with Gasteiger partial charge in [-0.15, -0.1) is 11.3 Å². The summed E-state index contributed by atoms with van der Waals surface area (Å²) in [5, 5.41) is 12.4. The lowest BCUT2D eigenvalue weighted by molar-refractivity contribution is 0.0601. The summed E-state index contributed by atoms with van der Waals surface area (Å²) in [6.45, 7) is 4.38. The molecular formula is C23H23N5O2S. The van der Waals surface area contributed by atoms with Crippen LogP contribution in [-0.4, -0.2) is 54.1 Å². The first-order valence-corrected chi connectivity index (χ1v) is 11.0. The highest BCUT2D eigenvalue weighted by Gasteiger charge is 2.19. The minimum Gasteiger partial charge on any atom is -0.465 e. The summed E-state index contributed by atoms with van der Waals surface area (Å²) >= 11 is 1.61. The van der Waals surface area contributed by atoms with Crippen LogP contribution >= 0.6 is 11.3 Å². The van der Waals surface area contributed by atoms with Crippen LogP contribution in [0, 0.1) is 11.3 Å². The maximum Gasteiger partial charge on any atom is 0.337 e. The molecule has 0 spiro atoms. The number of rotatable bonds is 5. The van der Waals surface area contributed by atoms with E-state index in [9.17, 15) is 10.1 Å². The Morgan fingerprint density at radius 1 is 1.19 bits per heavy atom. The van der Waals surface area contributed by atoms with Crippen LogP contribution in [-0.2, 0) is 11.3 Å². The predicted octanol–water partition coefficient (Wildman–Crippen LogP) is 3.58. The monoisotopic (exact) mass is 433 g/mol. The number of nitriles is 1. The Morgan fingerprint density at radius 2 is 2.03 bits per heavy atom. The van der Waals surface area contributed by atoms with Gasteiger partial charge in [-0.2, -0.15) is 5.26 Å². The van der Waals surface area contributed by atoms with Gasteiger partial charge < -0.3 is 9.64 Å². The average Bonchev–Trinajstić information content (AvgIpc) is 3.16. The van der Waals surface area contributed by atoms with Gasteiger partial charge in [-0.25, -0.2) is 14.8 Å². The summed E-state index contributed by atoms with van der Waals surface area (Å²) in [5.74, 6) is 0.437. The van der Waals surface area contributed by atoms with E-state index in [2.05, 4.69) is 26.2 Å². The van der Waals surface area contributed by atoms with Gasteiger partial charge in [0.2, 0.25) is 0 Å². The van der Waals surface area contributed by atoms with Crippen molar-refractivity contribution < 1.29 is 9.53 Å². The summed E-state index contributed by atoms with van der Waals surface area (Å²) < 4.78 is 4.75. The number of pyridine rings is 1. The molecule has 7 nitrogen and oxygen atoms in total. The van der Waals surface area contributed by atoms with E-state index in [0.29, 0.717) is 11.1 Å². The number of anilines is 1. The fourth-order valence-electron chi connectivity index (χ4n) is 3.69. The largest absolute Gasteiger partial charge is 0.465 e. The Balaban J connectivity index is 1.39. The van der Waals surface area contributed by atoms with Gasteiger partial charge in [0.05, 0.1) is 23.9 Å². The van der Waals surface area contributed by atoms with Crippen molar-refractivity contribution in [2.24, 2.45) is 0 Å². The average molecular weight is 434 g/mol. The second-order valence-corrected chi connectivity index (χ2v) is 8.17. The van der Waals surface area contributed by atoms with Crippen molar-refractivity contribution in [3.05, 3.63) is 64.8 Å². The second kappa shape index (κ2) is 9.69. The van der Waals surface area contributed by atoms with Crippen molar-refractivity contribution in [3.8, 4) is 16.6 Å². The van der Waals surface area contributed by atoms with Crippen molar-refractivity contribution in [1.29, 1.82) is 5.26 Å². The Hall–Kier alpha value is -3.28. The SMILES string of the molecule is COC(=O)c1ccc(-c2nc(CN3CCCN(c4ncccc4C#N)CC3)cs2)cc1. The topological polar surface area (TPSA) is 82.3 Å². The van der Waals surface area contributed by atoms with Crippen molar-refractivity contribution in [2.45, 2.75) is 13.0 Å². The number of nitrogens with zero attached hydrogens (tertiary/aromatic N) is 5. The first-order valence-electron chi connectivity index (χ1n) is 10.1. The zero-order valence-electron chi connectivity index (χ0n) is 17.3. The smallest absolute Gasteiger partial charge is 0.337 e. The van der Waals surface area contributed by atoms with Gasteiger partial charge in [0.25, 0.3) is 0 Å². The van der Waals surface area contributed by atoms with E-state index in [4.69, 9.17) is 9.72 Å². The van der Waals surface area contributed by atoms with E-state index < -0.39 is 0 Å². The molecule has 3 heterocycles. The number of benzene rings is 1. The molecule has 1 aliphatic rings. The predicted molar refractivity (Wildman–Crippen MR) is 120 cm³/mol. The van der Waals surface area contributed by atoms with Gasteiger partial charge in [-0.3, -0.25) is 4.90 Å². The van der Waals surface area contributed by atoms with Gasteiger partial charge in [0, 0.05) is 49.9 Å². The summed E-state index contributed by atoms with van der Waals surface area (Å²) in [7, 11) is 1.38. The van der Waals surface area contributed by atoms with E-state index >= 15 is 0 Å². The molecule has 0 unspecified atom stereocenters.